The Kier molecular flexibility index (Phi) is 5.83. The topological polar surface area (TPSA) is 87.3 Å². The van der Waals surface area contributed by atoms with Crippen molar-refractivity contribution in [2.75, 3.05) is 25.5 Å². The van der Waals surface area contributed by atoms with Crippen molar-refractivity contribution in [1.82, 2.24) is 14.9 Å². The first-order valence-corrected chi connectivity index (χ1v) is 10.4. The molecule has 29 heavy (non-hydrogen) atoms. The molecule has 1 aliphatic carbocycles. The second kappa shape index (κ2) is 8.68. The van der Waals surface area contributed by atoms with Crippen LogP contribution < -0.4 is 10.1 Å². The summed E-state index contributed by atoms with van der Waals surface area (Å²) in [5.41, 5.74) is 1.80. The Morgan fingerprint density at radius 3 is 2.41 bits per heavy atom. The lowest BCUT2D eigenvalue weighted by Gasteiger charge is -2.32. The number of hydrogen-bond donors (Lipinski definition) is 2. The van der Waals surface area contributed by atoms with E-state index in [2.05, 4.69) is 15.3 Å². The molecule has 1 aliphatic heterocycles. The van der Waals surface area contributed by atoms with Crippen molar-refractivity contribution in [3.63, 3.8) is 0 Å². The number of piperidine rings is 1. The van der Waals surface area contributed by atoms with Gasteiger partial charge in [0, 0.05) is 24.9 Å². The van der Waals surface area contributed by atoms with E-state index in [9.17, 15) is 9.59 Å². The van der Waals surface area contributed by atoms with Gasteiger partial charge in [-0.3, -0.25) is 14.9 Å². The molecule has 2 aromatic rings. The summed E-state index contributed by atoms with van der Waals surface area (Å²) in [6, 6.07) is 7.65. The average Bonchev–Trinajstić information content (AvgIpc) is 3.46. The Balaban J connectivity index is 1.30. The zero-order valence-corrected chi connectivity index (χ0v) is 16.8. The van der Waals surface area contributed by atoms with Crippen LogP contribution in [-0.2, 0) is 9.59 Å². The third kappa shape index (κ3) is 4.44. The number of nitrogens with one attached hydrogen (secondary N) is 2. The largest absolute Gasteiger partial charge is 0.497 e. The maximum Gasteiger partial charge on any atom is 0.229 e. The molecule has 2 amide bonds. The summed E-state index contributed by atoms with van der Waals surface area (Å²) >= 11 is 0. The molecule has 2 aliphatic rings. The fourth-order valence-corrected chi connectivity index (χ4v) is 4.31. The summed E-state index contributed by atoms with van der Waals surface area (Å²) in [7, 11) is 1.63. The summed E-state index contributed by atoms with van der Waals surface area (Å²) in [5.74, 6) is 1.62. The van der Waals surface area contributed by atoms with Crippen LogP contribution in [0.25, 0.3) is 11.3 Å². The van der Waals surface area contributed by atoms with Gasteiger partial charge in [0.2, 0.25) is 17.8 Å². The molecule has 1 aromatic heterocycles. The van der Waals surface area contributed by atoms with Gasteiger partial charge in [-0.25, -0.2) is 4.98 Å². The number of amides is 2. The minimum Gasteiger partial charge on any atom is -0.497 e. The van der Waals surface area contributed by atoms with E-state index >= 15 is 0 Å². The number of hydrogen-bond acceptors (Lipinski definition) is 4. The molecule has 2 N–H and O–H groups in total. The van der Waals surface area contributed by atoms with Gasteiger partial charge in [0.05, 0.1) is 19.0 Å². The van der Waals surface area contributed by atoms with Gasteiger partial charge < -0.3 is 14.6 Å². The van der Waals surface area contributed by atoms with E-state index in [0.717, 1.165) is 42.7 Å². The molecule has 0 atom stereocenters. The normalized spacial score (nSPS) is 18.0. The van der Waals surface area contributed by atoms with Gasteiger partial charge in [-0.05, 0) is 55.5 Å². The number of benzene rings is 1. The number of methoxy groups -OCH3 is 1. The smallest absolute Gasteiger partial charge is 0.229 e. The predicted molar refractivity (Wildman–Crippen MR) is 110 cm³/mol. The number of ether oxygens (including phenoxy) is 1. The maximum atomic E-state index is 12.6. The quantitative estimate of drug-likeness (QED) is 0.810. The molecule has 2 fully saturated rings. The number of anilines is 1. The molecular weight excluding hydrogens is 368 g/mol. The van der Waals surface area contributed by atoms with E-state index < -0.39 is 0 Å². The Morgan fingerprint density at radius 1 is 1.07 bits per heavy atom. The summed E-state index contributed by atoms with van der Waals surface area (Å²) in [5, 5.41) is 2.89. The van der Waals surface area contributed by atoms with Crippen molar-refractivity contribution >= 4 is 17.8 Å². The van der Waals surface area contributed by atoms with Crippen LogP contribution in [0.15, 0.2) is 30.5 Å². The van der Waals surface area contributed by atoms with Gasteiger partial charge in [-0.15, -0.1) is 0 Å². The lowest BCUT2D eigenvalue weighted by Crippen LogP contribution is -2.43. The number of rotatable bonds is 5. The fourth-order valence-electron chi connectivity index (χ4n) is 4.31. The van der Waals surface area contributed by atoms with Crippen LogP contribution in [0.3, 0.4) is 0 Å². The van der Waals surface area contributed by atoms with Crippen LogP contribution in [-0.4, -0.2) is 46.9 Å². The number of imidazole rings is 1. The Morgan fingerprint density at radius 2 is 1.76 bits per heavy atom. The first kappa shape index (κ1) is 19.5. The highest BCUT2D eigenvalue weighted by atomic mass is 16.5. The molecule has 1 saturated carbocycles. The van der Waals surface area contributed by atoms with Crippen LogP contribution >= 0.6 is 0 Å². The Hall–Kier alpha value is -2.83. The zero-order valence-electron chi connectivity index (χ0n) is 16.8. The lowest BCUT2D eigenvalue weighted by molar-refractivity contribution is -0.138. The van der Waals surface area contributed by atoms with Gasteiger partial charge in [-0.1, -0.05) is 12.8 Å². The molecule has 0 spiro atoms. The van der Waals surface area contributed by atoms with Gasteiger partial charge in [0.1, 0.15) is 5.75 Å². The molecule has 0 radical (unpaired) electrons. The number of aromatic amines is 1. The number of carbonyl (C=O) groups is 2. The first-order valence-electron chi connectivity index (χ1n) is 10.4. The molecule has 0 unspecified atom stereocenters. The molecule has 2 heterocycles. The van der Waals surface area contributed by atoms with Crippen molar-refractivity contribution in [1.29, 1.82) is 0 Å². The van der Waals surface area contributed by atoms with Crippen LogP contribution in [0.5, 0.6) is 5.75 Å². The zero-order chi connectivity index (χ0) is 20.2. The number of likely N-dealkylation sites (tertiary alicyclic amines) is 1. The third-order valence-corrected chi connectivity index (χ3v) is 6.10. The van der Waals surface area contributed by atoms with Gasteiger partial charge in [-0.2, -0.15) is 0 Å². The number of H-pyrrole nitrogens is 1. The number of aromatic nitrogens is 2. The van der Waals surface area contributed by atoms with E-state index in [1.54, 1.807) is 13.3 Å². The maximum absolute atomic E-state index is 12.6. The summed E-state index contributed by atoms with van der Waals surface area (Å²) in [6.07, 6.45) is 7.49. The fraction of sp³-hybridized carbons (Fsp3) is 0.500. The van der Waals surface area contributed by atoms with Crippen molar-refractivity contribution in [2.45, 2.75) is 38.5 Å². The Labute approximate surface area is 170 Å². The van der Waals surface area contributed by atoms with Gasteiger partial charge in [0.25, 0.3) is 0 Å². The summed E-state index contributed by atoms with van der Waals surface area (Å²) in [6.45, 7) is 1.34. The lowest BCUT2D eigenvalue weighted by atomic mass is 9.94. The van der Waals surface area contributed by atoms with E-state index in [1.165, 1.54) is 0 Å². The molecule has 154 valence electrons. The Bertz CT molecular complexity index is 847. The highest BCUT2D eigenvalue weighted by Gasteiger charge is 2.32. The molecule has 0 bridgehead atoms. The standard InChI is InChI=1S/C22H28N4O3/c1-29-18-8-6-15(7-9-18)19-14-23-22(24-19)25-20(27)16-10-12-26(13-11-16)21(28)17-4-2-3-5-17/h6-9,14,16-17H,2-5,10-13H2,1H3,(H2,23,24,25,27). The van der Waals surface area contributed by atoms with Crippen molar-refractivity contribution in [3.8, 4) is 17.0 Å². The first-order chi connectivity index (χ1) is 14.1. The van der Waals surface area contributed by atoms with E-state index in [4.69, 9.17) is 4.74 Å². The van der Waals surface area contributed by atoms with Crippen LogP contribution in [0.4, 0.5) is 5.95 Å². The average molecular weight is 396 g/mol. The molecule has 1 saturated heterocycles. The van der Waals surface area contributed by atoms with Gasteiger partial charge in [0.15, 0.2) is 0 Å². The van der Waals surface area contributed by atoms with E-state index in [0.29, 0.717) is 31.9 Å². The van der Waals surface area contributed by atoms with E-state index in [-0.39, 0.29) is 23.7 Å². The van der Waals surface area contributed by atoms with Crippen LogP contribution in [0, 0.1) is 11.8 Å². The van der Waals surface area contributed by atoms with E-state index in [1.807, 2.05) is 29.2 Å². The van der Waals surface area contributed by atoms with Crippen molar-refractivity contribution < 1.29 is 14.3 Å². The summed E-state index contributed by atoms with van der Waals surface area (Å²) < 4.78 is 5.17. The second-order valence-electron chi connectivity index (χ2n) is 7.94. The minimum atomic E-state index is -0.0860. The van der Waals surface area contributed by atoms with Crippen molar-refractivity contribution in [2.24, 2.45) is 11.8 Å². The number of carbonyl (C=O) groups excluding carboxylic acids is 2. The summed E-state index contributed by atoms with van der Waals surface area (Å²) in [4.78, 5) is 34.6. The van der Waals surface area contributed by atoms with Crippen LogP contribution in [0.2, 0.25) is 0 Å². The molecule has 7 nitrogen and oxygen atoms in total. The van der Waals surface area contributed by atoms with Crippen molar-refractivity contribution in [3.05, 3.63) is 30.5 Å². The minimum absolute atomic E-state index is 0.0337. The monoisotopic (exact) mass is 396 g/mol. The molecule has 4 rings (SSSR count). The highest BCUT2D eigenvalue weighted by Crippen LogP contribution is 2.29. The number of nitrogens with zero attached hydrogens (tertiary/aromatic N) is 2. The molecule has 1 aromatic carbocycles. The van der Waals surface area contributed by atoms with Crippen LogP contribution in [0.1, 0.15) is 38.5 Å². The molecule has 7 heteroatoms. The second-order valence-corrected chi connectivity index (χ2v) is 7.94. The third-order valence-electron chi connectivity index (χ3n) is 6.10. The molecular formula is C22H28N4O3. The highest BCUT2D eigenvalue weighted by molar-refractivity contribution is 5.91. The SMILES string of the molecule is COc1ccc(-c2cnc(NC(=O)C3CCN(C(=O)C4CCCC4)CC3)[nH]2)cc1. The van der Waals surface area contributed by atoms with Gasteiger partial charge >= 0.3 is 0 Å². The predicted octanol–water partition coefficient (Wildman–Crippen LogP) is 3.45.